The molecule has 106 valence electrons. The Hall–Kier alpha value is -0.320. The van der Waals surface area contributed by atoms with Crippen molar-refractivity contribution in [2.45, 2.75) is 18.9 Å². The van der Waals surface area contributed by atoms with Gasteiger partial charge >= 0.3 is 0 Å². The second kappa shape index (κ2) is 6.42. The van der Waals surface area contributed by atoms with Crippen LogP contribution in [0.2, 0.25) is 10.0 Å². The van der Waals surface area contributed by atoms with Crippen LogP contribution in [-0.2, 0) is 5.54 Å². The van der Waals surface area contributed by atoms with Gasteiger partial charge in [-0.25, -0.2) is 0 Å². The SMILES string of the molecule is CC(CO)(c1cc(Cl)ccc1Cl)N1CCCNCC1. The first kappa shape index (κ1) is 15.1. The molecule has 0 bridgehead atoms. The zero-order valence-electron chi connectivity index (χ0n) is 11.1. The molecule has 1 aliphatic heterocycles. The van der Waals surface area contributed by atoms with Gasteiger partial charge in [0.05, 0.1) is 12.1 Å². The van der Waals surface area contributed by atoms with Gasteiger partial charge in [-0.1, -0.05) is 23.2 Å². The van der Waals surface area contributed by atoms with Gasteiger partial charge in [0.15, 0.2) is 0 Å². The molecule has 0 aromatic heterocycles. The number of aliphatic hydroxyl groups is 1. The molecule has 1 saturated heterocycles. The van der Waals surface area contributed by atoms with Gasteiger partial charge < -0.3 is 10.4 Å². The van der Waals surface area contributed by atoms with Crippen LogP contribution in [0.25, 0.3) is 0 Å². The molecule has 0 amide bonds. The van der Waals surface area contributed by atoms with Crippen molar-refractivity contribution >= 4 is 23.2 Å². The minimum atomic E-state index is -0.492. The highest BCUT2D eigenvalue weighted by Gasteiger charge is 2.35. The first-order valence-electron chi connectivity index (χ1n) is 6.60. The third-order valence-corrected chi connectivity index (χ3v) is 4.42. The smallest absolute Gasteiger partial charge is 0.0681 e. The highest BCUT2D eigenvalue weighted by Crippen LogP contribution is 2.35. The lowest BCUT2D eigenvalue weighted by Crippen LogP contribution is -2.48. The standard InChI is InChI=1S/C14H20Cl2N2O/c1-14(10-19,18-7-2-5-17-6-8-18)12-9-11(15)3-4-13(12)16/h3-4,9,17,19H,2,5-8,10H2,1H3. The predicted octanol–water partition coefficient (Wildman–Crippen LogP) is 2.50. The van der Waals surface area contributed by atoms with E-state index in [1.54, 1.807) is 12.1 Å². The van der Waals surface area contributed by atoms with Gasteiger partial charge in [0.2, 0.25) is 0 Å². The van der Waals surface area contributed by atoms with Crippen LogP contribution in [0.15, 0.2) is 18.2 Å². The van der Waals surface area contributed by atoms with E-state index < -0.39 is 5.54 Å². The van der Waals surface area contributed by atoms with Crippen LogP contribution < -0.4 is 5.32 Å². The van der Waals surface area contributed by atoms with Gasteiger partial charge in [-0.3, -0.25) is 4.90 Å². The molecule has 0 aliphatic carbocycles. The lowest BCUT2D eigenvalue weighted by Gasteiger charge is -2.40. The van der Waals surface area contributed by atoms with E-state index in [0.29, 0.717) is 10.0 Å². The quantitative estimate of drug-likeness (QED) is 0.900. The highest BCUT2D eigenvalue weighted by atomic mass is 35.5. The summed E-state index contributed by atoms with van der Waals surface area (Å²) >= 11 is 12.4. The monoisotopic (exact) mass is 302 g/mol. The summed E-state index contributed by atoms with van der Waals surface area (Å²) in [5.74, 6) is 0. The molecule has 2 rings (SSSR count). The summed E-state index contributed by atoms with van der Waals surface area (Å²) in [6.07, 6.45) is 1.06. The van der Waals surface area contributed by atoms with Crippen molar-refractivity contribution in [1.82, 2.24) is 10.2 Å². The van der Waals surface area contributed by atoms with E-state index in [1.165, 1.54) is 0 Å². The van der Waals surface area contributed by atoms with E-state index in [1.807, 2.05) is 13.0 Å². The molecule has 2 N–H and O–H groups in total. The minimum Gasteiger partial charge on any atom is -0.394 e. The van der Waals surface area contributed by atoms with Crippen molar-refractivity contribution in [3.05, 3.63) is 33.8 Å². The predicted molar refractivity (Wildman–Crippen MR) is 80.0 cm³/mol. The second-order valence-corrected chi connectivity index (χ2v) is 5.99. The van der Waals surface area contributed by atoms with Crippen LogP contribution in [-0.4, -0.2) is 42.8 Å². The van der Waals surface area contributed by atoms with Gasteiger partial charge in [-0.05, 0) is 43.7 Å². The van der Waals surface area contributed by atoms with Gasteiger partial charge in [0, 0.05) is 29.7 Å². The number of aliphatic hydroxyl groups excluding tert-OH is 1. The van der Waals surface area contributed by atoms with Crippen LogP contribution in [0.3, 0.4) is 0 Å². The van der Waals surface area contributed by atoms with Crippen molar-refractivity contribution in [3.63, 3.8) is 0 Å². The average molecular weight is 303 g/mol. The Labute approximate surface area is 124 Å². The summed E-state index contributed by atoms with van der Waals surface area (Å²) in [6, 6.07) is 5.43. The number of nitrogens with zero attached hydrogens (tertiary/aromatic N) is 1. The van der Waals surface area contributed by atoms with Crippen molar-refractivity contribution in [1.29, 1.82) is 0 Å². The molecule has 0 saturated carbocycles. The molecule has 0 spiro atoms. The van der Waals surface area contributed by atoms with E-state index >= 15 is 0 Å². The molecule has 3 nitrogen and oxygen atoms in total. The summed E-state index contributed by atoms with van der Waals surface area (Å²) in [6.45, 7) is 5.81. The molecule has 1 unspecified atom stereocenters. The van der Waals surface area contributed by atoms with Gasteiger partial charge in [-0.15, -0.1) is 0 Å². The number of benzene rings is 1. The fourth-order valence-corrected chi connectivity index (χ4v) is 3.10. The zero-order chi connectivity index (χ0) is 13.9. The van der Waals surface area contributed by atoms with Crippen molar-refractivity contribution in [2.24, 2.45) is 0 Å². The lowest BCUT2D eigenvalue weighted by molar-refractivity contribution is 0.0454. The van der Waals surface area contributed by atoms with E-state index in [4.69, 9.17) is 23.2 Å². The van der Waals surface area contributed by atoms with Crippen molar-refractivity contribution in [2.75, 3.05) is 32.8 Å². The summed E-state index contributed by atoms with van der Waals surface area (Å²) in [4.78, 5) is 2.28. The molecule has 1 aliphatic rings. The first-order chi connectivity index (χ1) is 9.08. The maximum Gasteiger partial charge on any atom is 0.0681 e. The third-order valence-electron chi connectivity index (χ3n) is 3.85. The van der Waals surface area contributed by atoms with Gasteiger partial charge in [0.25, 0.3) is 0 Å². The van der Waals surface area contributed by atoms with Crippen LogP contribution in [0.1, 0.15) is 18.9 Å². The Morgan fingerprint density at radius 2 is 2.11 bits per heavy atom. The molecule has 19 heavy (non-hydrogen) atoms. The van der Waals surface area contributed by atoms with Crippen molar-refractivity contribution < 1.29 is 5.11 Å². The number of halogens is 2. The number of hydrogen-bond acceptors (Lipinski definition) is 3. The first-order valence-corrected chi connectivity index (χ1v) is 7.35. The molecule has 1 aromatic carbocycles. The molecule has 1 fully saturated rings. The van der Waals surface area contributed by atoms with E-state index in [9.17, 15) is 5.11 Å². The molecular weight excluding hydrogens is 283 g/mol. The summed E-state index contributed by atoms with van der Waals surface area (Å²) in [7, 11) is 0. The summed E-state index contributed by atoms with van der Waals surface area (Å²) in [5.41, 5.74) is 0.402. The minimum absolute atomic E-state index is 0.0209. The molecule has 1 heterocycles. The van der Waals surface area contributed by atoms with Crippen LogP contribution in [0, 0.1) is 0 Å². The zero-order valence-corrected chi connectivity index (χ0v) is 12.6. The molecular formula is C14H20Cl2N2O. The highest BCUT2D eigenvalue weighted by molar-refractivity contribution is 6.33. The Morgan fingerprint density at radius 3 is 2.84 bits per heavy atom. The molecule has 1 aromatic rings. The third kappa shape index (κ3) is 3.23. The Bertz CT molecular complexity index is 433. The van der Waals surface area contributed by atoms with E-state index in [2.05, 4.69) is 10.2 Å². The maximum atomic E-state index is 9.93. The number of nitrogens with one attached hydrogen (secondary N) is 1. The van der Waals surface area contributed by atoms with E-state index in [0.717, 1.165) is 38.2 Å². The van der Waals surface area contributed by atoms with Crippen LogP contribution >= 0.6 is 23.2 Å². The normalized spacial score (nSPS) is 20.8. The van der Waals surface area contributed by atoms with Gasteiger partial charge in [0.1, 0.15) is 0 Å². The Morgan fingerprint density at radius 1 is 1.32 bits per heavy atom. The maximum absolute atomic E-state index is 9.93. The lowest BCUT2D eigenvalue weighted by atomic mass is 9.90. The molecule has 0 radical (unpaired) electrons. The Balaban J connectivity index is 2.37. The summed E-state index contributed by atoms with van der Waals surface area (Å²) in [5, 5.41) is 14.6. The number of rotatable bonds is 3. The molecule has 1 atom stereocenters. The van der Waals surface area contributed by atoms with Crippen LogP contribution in [0.4, 0.5) is 0 Å². The number of hydrogen-bond donors (Lipinski definition) is 2. The largest absolute Gasteiger partial charge is 0.394 e. The Kier molecular flexibility index (Phi) is 5.09. The van der Waals surface area contributed by atoms with Gasteiger partial charge in [-0.2, -0.15) is 0 Å². The summed E-state index contributed by atoms with van der Waals surface area (Å²) < 4.78 is 0. The molecule has 5 heteroatoms. The van der Waals surface area contributed by atoms with E-state index in [-0.39, 0.29) is 6.61 Å². The second-order valence-electron chi connectivity index (χ2n) is 5.15. The average Bonchev–Trinajstić information content (AvgIpc) is 2.70. The van der Waals surface area contributed by atoms with Crippen LogP contribution in [0.5, 0.6) is 0 Å². The van der Waals surface area contributed by atoms with Crippen molar-refractivity contribution in [3.8, 4) is 0 Å². The fourth-order valence-electron chi connectivity index (χ4n) is 2.61. The fraction of sp³-hybridized carbons (Fsp3) is 0.571. The topological polar surface area (TPSA) is 35.5 Å².